The van der Waals surface area contributed by atoms with Gasteiger partial charge in [-0.3, -0.25) is 9.78 Å². The maximum Gasteiger partial charge on any atom is 0.254 e. The summed E-state index contributed by atoms with van der Waals surface area (Å²) in [7, 11) is 0. The zero-order chi connectivity index (χ0) is 12.9. The average molecular weight is 231 g/mol. The van der Waals surface area contributed by atoms with E-state index in [2.05, 4.69) is 16.4 Å². The molecule has 1 rings (SSSR count). The van der Waals surface area contributed by atoms with Crippen LogP contribution in [0.4, 0.5) is 0 Å². The van der Waals surface area contributed by atoms with Gasteiger partial charge in [0.15, 0.2) is 0 Å². The van der Waals surface area contributed by atoms with Crippen molar-refractivity contribution in [3.8, 4) is 6.07 Å². The first kappa shape index (κ1) is 13.2. The van der Waals surface area contributed by atoms with Gasteiger partial charge in [-0.2, -0.15) is 5.26 Å². The molecule has 4 heteroatoms. The normalized spacial score (nSPS) is 10.7. The van der Waals surface area contributed by atoms with Crippen molar-refractivity contribution < 1.29 is 4.79 Å². The van der Waals surface area contributed by atoms with Crippen LogP contribution in [0.15, 0.2) is 18.3 Å². The monoisotopic (exact) mass is 231 g/mol. The van der Waals surface area contributed by atoms with Crippen LogP contribution in [0, 0.1) is 18.3 Å². The highest BCUT2D eigenvalue weighted by molar-refractivity contribution is 5.95. The van der Waals surface area contributed by atoms with Crippen molar-refractivity contribution in [3.63, 3.8) is 0 Å². The van der Waals surface area contributed by atoms with Crippen LogP contribution in [0.5, 0.6) is 0 Å². The third-order valence-electron chi connectivity index (χ3n) is 3.03. The van der Waals surface area contributed by atoms with E-state index in [-0.39, 0.29) is 5.91 Å². The molecule has 0 saturated heterocycles. The van der Waals surface area contributed by atoms with Crippen LogP contribution in [0.25, 0.3) is 0 Å². The summed E-state index contributed by atoms with van der Waals surface area (Å²) in [6, 6.07) is 5.61. The second-order valence-electron chi connectivity index (χ2n) is 3.99. The molecule has 0 atom stereocenters. The number of nitrogens with zero attached hydrogens (tertiary/aromatic N) is 2. The lowest BCUT2D eigenvalue weighted by atomic mass is 9.94. The number of aromatic nitrogens is 1. The third-order valence-corrected chi connectivity index (χ3v) is 3.03. The van der Waals surface area contributed by atoms with Gasteiger partial charge in [0.25, 0.3) is 5.91 Å². The van der Waals surface area contributed by atoms with Gasteiger partial charge >= 0.3 is 0 Å². The van der Waals surface area contributed by atoms with Gasteiger partial charge in [-0.15, -0.1) is 0 Å². The number of amides is 1. The largest absolute Gasteiger partial charge is 0.334 e. The molecule has 1 aromatic rings. The molecule has 90 valence electrons. The summed E-state index contributed by atoms with van der Waals surface area (Å²) in [5.41, 5.74) is 0.414. The molecule has 0 spiro atoms. The number of pyridine rings is 1. The molecule has 0 aliphatic rings. The number of hydrogen-bond acceptors (Lipinski definition) is 3. The van der Waals surface area contributed by atoms with Crippen LogP contribution in [-0.4, -0.2) is 16.4 Å². The summed E-state index contributed by atoms with van der Waals surface area (Å²) in [6.07, 6.45) is 2.82. The predicted molar refractivity (Wildman–Crippen MR) is 65.4 cm³/mol. The van der Waals surface area contributed by atoms with Gasteiger partial charge in [0.1, 0.15) is 5.54 Å². The van der Waals surface area contributed by atoms with E-state index in [1.807, 2.05) is 13.8 Å². The minimum Gasteiger partial charge on any atom is -0.334 e. The van der Waals surface area contributed by atoms with Crippen LogP contribution >= 0.6 is 0 Å². The van der Waals surface area contributed by atoms with Gasteiger partial charge in [-0.25, -0.2) is 0 Å². The summed E-state index contributed by atoms with van der Waals surface area (Å²) in [6.45, 7) is 5.56. The molecule has 0 aromatic carbocycles. The molecule has 1 amide bonds. The molecule has 0 bridgehead atoms. The smallest absolute Gasteiger partial charge is 0.254 e. The number of nitrogens with one attached hydrogen (secondary N) is 1. The molecule has 1 aromatic heterocycles. The van der Waals surface area contributed by atoms with Crippen molar-refractivity contribution in [2.24, 2.45) is 0 Å². The molecule has 0 unspecified atom stereocenters. The Morgan fingerprint density at radius 1 is 1.53 bits per heavy atom. The second kappa shape index (κ2) is 5.44. The van der Waals surface area contributed by atoms with E-state index in [4.69, 9.17) is 5.26 Å². The zero-order valence-corrected chi connectivity index (χ0v) is 10.4. The topological polar surface area (TPSA) is 65.8 Å². The molecule has 1 heterocycles. The fourth-order valence-corrected chi connectivity index (χ4v) is 1.62. The Kier molecular flexibility index (Phi) is 4.22. The van der Waals surface area contributed by atoms with Crippen LogP contribution in [0.3, 0.4) is 0 Å². The lowest BCUT2D eigenvalue weighted by Crippen LogP contribution is -2.46. The van der Waals surface area contributed by atoms with Gasteiger partial charge in [0.05, 0.1) is 11.6 Å². The Bertz CT molecular complexity index is 444. The molecule has 17 heavy (non-hydrogen) atoms. The zero-order valence-electron chi connectivity index (χ0n) is 10.4. The van der Waals surface area contributed by atoms with Crippen molar-refractivity contribution in [1.29, 1.82) is 5.26 Å². The predicted octanol–water partition coefficient (Wildman–Crippen LogP) is 2.20. The van der Waals surface area contributed by atoms with Gasteiger partial charge in [0.2, 0.25) is 0 Å². The van der Waals surface area contributed by atoms with Crippen molar-refractivity contribution in [2.45, 2.75) is 39.2 Å². The number of hydrogen-bond donors (Lipinski definition) is 1. The second-order valence-corrected chi connectivity index (χ2v) is 3.99. The van der Waals surface area contributed by atoms with E-state index in [0.717, 1.165) is 0 Å². The first-order chi connectivity index (χ1) is 8.08. The fourth-order valence-electron chi connectivity index (χ4n) is 1.62. The van der Waals surface area contributed by atoms with Crippen molar-refractivity contribution >= 4 is 5.91 Å². The quantitative estimate of drug-likeness (QED) is 0.863. The van der Waals surface area contributed by atoms with Gasteiger partial charge in [-0.1, -0.05) is 13.8 Å². The molecule has 0 aliphatic carbocycles. The summed E-state index contributed by atoms with van der Waals surface area (Å²) < 4.78 is 0. The average Bonchev–Trinajstić information content (AvgIpc) is 2.36. The Balaban J connectivity index is 2.94. The Morgan fingerprint density at radius 2 is 2.18 bits per heavy atom. The maximum atomic E-state index is 12.1. The molecule has 0 fully saturated rings. The number of nitriles is 1. The van der Waals surface area contributed by atoms with Gasteiger partial charge in [0, 0.05) is 11.9 Å². The molecule has 1 N–H and O–H groups in total. The van der Waals surface area contributed by atoms with Crippen LogP contribution in [0.2, 0.25) is 0 Å². The molecule has 4 nitrogen and oxygen atoms in total. The minimum atomic E-state index is -0.778. The van der Waals surface area contributed by atoms with E-state index >= 15 is 0 Å². The molecular formula is C13H17N3O. The third kappa shape index (κ3) is 2.82. The lowest BCUT2D eigenvalue weighted by molar-refractivity contribution is 0.0914. The number of rotatable bonds is 4. The van der Waals surface area contributed by atoms with Crippen molar-refractivity contribution in [2.75, 3.05) is 0 Å². The fraction of sp³-hybridized carbons (Fsp3) is 0.462. The SMILES string of the molecule is CCC(C#N)(CC)NC(=O)c1cccnc1C. The maximum absolute atomic E-state index is 12.1. The highest BCUT2D eigenvalue weighted by atomic mass is 16.1. The van der Waals surface area contributed by atoms with Gasteiger partial charge in [-0.05, 0) is 31.9 Å². The van der Waals surface area contributed by atoms with Crippen LogP contribution in [0.1, 0.15) is 42.7 Å². The summed E-state index contributed by atoms with van der Waals surface area (Å²) in [5, 5.41) is 12.0. The molecular weight excluding hydrogens is 214 g/mol. The highest BCUT2D eigenvalue weighted by Crippen LogP contribution is 2.15. The molecule has 0 radical (unpaired) electrons. The van der Waals surface area contributed by atoms with Crippen LogP contribution in [-0.2, 0) is 0 Å². The molecule has 0 aliphatic heterocycles. The summed E-state index contributed by atoms with van der Waals surface area (Å²) in [5.74, 6) is -0.235. The highest BCUT2D eigenvalue weighted by Gasteiger charge is 2.28. The van der Waals surface area contributed by atoms with Gasteiger partial charge < -0.3 is 5.32 Å². The lowest BCUT2D eigenvalue weighted by Gasteiger charge is -2.25. The first-order valence-corrected chi connectivity index (χ1v) is 5.74. The minimum absolute atomic E-state index is 0.235. The number of carbonyl (C=O) groups is 1. The Morgan fingerprint density at radius 3 is 2.65 bits per heavy atom. The molecule has 0 saturated carbocycles. The number of carbonyl (C=O) groups excluding carboxylic acids is 1. The summed E-state index contributed by atoms with van der Waals surface area (Å²) in [4.78, 5) is 16.1. The van der Waals surface area contributed by atoms with E-state index in [0.29, 0.717) is 24.1 Å². The van der Waals surface area contributed by atoms with E-state index in [9.17, 15) is 4.79 Å². The number of aryl methyl sites for hydroxylation is 1. The van der Waals surface area contributed by atoms with E-state index in [1.165, 1.54) is 0 Å². The first-order valence-electron chi connectivity index (χ1n) is 5.74. The van der Waals surface area contributed by atoms with E-state index < -0.39 is 5.54 Å². The van der Waals surface area contributed by atoms with E-state index in [1.54, 1.807) is 25.3 Å². The van der Waals surface area contributed by atoms with Crippen LogP contribution < -0.4 is 5.32 Å². The van der Waals surface area contributed by atoms with Crippen molar-refractivity contribution in [1.82, 2.24) is 10.3 Å². The van der Waals surface area contributed by atoms with Crippen molar-refractivity contribution in [3.05, 3.63) is 29.6 Å². The Labute approximate surface area is 102 Å². The Hall–Kier alpha value is -1.89. The summed E-state index contributed by atoms with van der Waals surface area (Å²) >= 11 is 0. The standard InChI is InChI=1S/C13H17N3O/c1-4-13(5-2,9-14)16-12(17)11-7-6-8-15-10(11)3/h6-8H,4-5H2,1-3H3,(H,16,17).